The molecule has 0 radical (unpaired) electrons. The number of hydrogen-bond donors (Lipinski definition) is 0. The second-order valence-electron chi connectivity index (χ2n) is 4.81. The average Bonchev–Trinajstić information content (AvgIpc) is 2.85. The van der Waals surface area contributed by atoms with Gasteiger partial charge in [0, 0.05) is 0 Å². The molecule has 0 heteroatoms. The van der Waals surface area contributed by atoms with Gasteiger partial charge in [-0.15, -0.1) is 0 Å². The summed E-state index contributed by atoms with van der Waals surface area (Å²) in [6, 6.07) is 0. The Morgan fingerprint density at radius 3 is 2.85 bits per heavy atom. The minimum atomic E-state index is 0.725. The van der Waals surface area contributed by atoms with Crippen molar-refractivity contribution in [2.75, 3.05) is 0 Å². The van der Waals surface area contributed by atoms with E-state index in [2.05, 4.69) is 19.9 Å². The molecule has 0 saturated heterocycles. The molecule has 2 aliphatic carbocycles. The number of hydrogen-bond acceptors (Lipinski definition) is 0. The normalized spacial score (nSPS) is 41.4. The topological polar surface area (TPSA) is 0 Å². The lowest BCUT2D eigenvalue weighted by Gasteiger charge is -2.26. The Labute approximate surface area is 82.4 Å². The zero-order chi connectivity index (χ0) is 9.31. The smallest absolute Gasteiger partial charge is 0.00567 e. The van der Waals surface area contributed by atoms with E-state index in [1.807, 2.05) is 5.57 Å². The van der Waals surface area contributed by atoms with E-state index in [0.29, 0.717) is 0 Å². The van der Waals surface area contributed by atoms with Crippen LogP contribution in [0.25, 0.3) is 0 Å². The maximum Gasteiger partial charge on any atom is -0.00567 e. The van der Waals surface area contributed by atoms with Crippen molar-refractivity contribution in [3.8, 4) is 0 Å². The van der Waals surface area contributed by atoms with Gasteiger partial charge in [0.25, 0.3) is 0 Å². The van der Waals surface area contributed by atoms with Crippen molar-refractivity contribution in [2.45, 2.75) is 58.8 Å². The van der Waals surface area contributed by atoms with E-state index >= 15 is 0 Å². The summed E-state index contributed by atoms with van der Waals surface area (Å²) in [6.07, 6.45) is 12.5. The van der Waals surface area contributed by atoms with E-state index in [9.17, 15) is 0 Å². The second-order valence-corrected chi connectivity index (χ2v) is 4.81. The Morgan fingerprint density at radius 1 is 1.38 bits per heavy atom. The van der Waals surface area contributed by atoms with Gasteiger partial charge in [0.2, 0.25) is 0 Å². The molecule has 2 rings (SSSR count). The van der Waals surface area contributed by atoms with Gasteiger partial charge < -0.3 is 0 Å². The van der Waals surface area contributed by atoms with Crippen LogP contribution in [-0.2, 0) is 0 Å². The van der Waals surface area contributed by atoms with Gasteiger partial charge in [-0.2, -0.15) is 0 Å². The van der Waals surface area contributed by atoms with E-state index in [4.69, 9.17) is 0 Å². The third-order valence-corrected chi connectivity index (χ3v) is 4.13. The highest BCUT2D eigenvalue weighted by molar-refractivity contribution is 5.26. The molecular weight excluding hydrogens is 156 g/mol. The third-order valence-electron chi connectivity index (χ3n) is 4.13. The Hall–Kier alpha value is -0.260. The molecule has 0 bridgehead atoms. The van der Waals surface area contributed by atoms with Crippen molar-refractivity contribution >= 4 is 0 Å². The molecule has 2 aliphatic rings. The van der Waals surface area contributed by atoms with Crippen LogP contribution in [0.5, 0.6) is 0 Å². The van der Waals surface area contributed by atoms with Crippen LogP contribution in [0, 0.1) is 11.3 Å². The minimum Gasteiger partial charge on any atom is -0.0850 e. The van der Waals surface area contributed by atoms with Crippen LogP contribution in [0.3, 0.4) is 0 Å². The molecule has 74 valence electrons. The molecule has 2 atom stereocenters. The summed E-state index contributed by atoms with van der Waals surface area (Å²) < 4.78 is 0. The van der Waals surface area contributed by atoms with Gasteiger partial charge in [0.05, 0.1) is 0 Å². The highest BCUT2D eigenvalue weighted by Gasteiger charge is 2.54. The van der Waals surface area contributed by atoms with E-state index in [1.54, 1.807) is 0 Å². The Morgan fingerprint density at radius 2 is 2.23 bits per heavy atom. The third kappa shape index (κ3) is 1.45. The molecule has 0 N–H and O–H groups in total. The highest BCUT2D eigenvalue weighted by atomic mass is 14.6. The fraction of sp³-hybridized carbons (Fsp3) is 0.846. The molecule has 0 unspecified atom stereocenters. The van der Waals surface area contributed by atoms with Gasteiger partial charge in [0.15, 0.2) is 0 Å². The van der Waals surface area contributed by atoms with Gasteiger partial charge in [-0.05, 0) is 43.4 Å². The summed E-state index contributed by atoms with van der Waals surface area (Å²) in [5.74, 6) is 1.05. The Bertz CT molecular complexity index is 214. The molecule has 2 saturated carbocycles. The lowest BCUT2D eigenvalue weighted by atomic mass is 9.79. The summed E-state index contributed by atoms with van der Waals surface area (Å²) in [7, 11) is 0. The zero-order valence-electron chi connectivity index (χ0n) is 9.10. The van der Waals surface area contributed by atoms with Crippen LogP contribution in [0.2, 0.25) is 0 Å². The summed E-state index contributed by atoms with van der Waals surface area (Å²) in [5.41, 5.74) is 2.55. The lowest BCUT2D eigenvalue weighted by Crippen LogP contribution is -2.13. The van der Waals surface area contributed by atoms with Crippen LogP contribution in [0.15, 0.2) is 11.6 Å². The van der Waals surface area contributed by atoms with Crippen molar-refractivity contribution < 1.29 is 0 Å². The minimum absolute atomic E-state index is 0.725. The van der Waals surface area contributed by atoms with Crippen LogP contribution in [-0.4, -0.2) is 0 Å². The molecule has 2 fully saturated rings. The molecule has 0 amide bonds. The van der Waals surface area contributed by atoms with Crippen LogP contribution < -0.4 is 0 Å². The average molecular weight is 178 g/mol. The van der Waals surface area contributed by atoms with Crippen molar-refractivity contribution in [3.63, 3.8) is 0 Å². The predicted octanol–water partition coefficient (Wildman–Crippen LogP) is 4.31. The Balaban J connectivity index is 2.11. The fourth-order valence-electron chi connectivity index (χ4n) is 3.33. The number of rotatable bonds is 2. The molecule has 13 heavy (non-hydrogen) atoms. The van der Waals surface area contributed by atoms with E-state index in [0.717, 1.165) is 11.3 Å². The van der Waals surface area contributed by atoms with Crippen molar-refractivity contribution in [2.24, 2.45) is 11.3 Å². The van der Waals surface area contributed by atoms with Crippen LogP contribution >= 0.6 is 0 Å². The molecule has 0 aromatic carbocycles. The first-order valence-electron chi connectivity index (χ1n) is 6.03. The standard InChI is InChI=1S/C13H22/c1-3-7-12-8-5-6-9-13(12)10-11(13)4-2/h7,11H,3-6,8-10H2,1-2H3/b12-7+/t11-,13-/m1/s1. The first-order valence-corrected chi connectivity index (χ1v) is 6.03. The fourth-order valence-corrected chi connectivity index (χ4v) is 3.33. The van der Waals surface area contributed by atoms with Gasteiger partial charge >= 0.3 is 0 Å². The molecule has 0 aliphatic heterocycles. The summed E-state index contributed by atoms with van der Waals surface area (Å²) in [4.78, 5) is 0. The molecule has 0 aromatic rings. The highest BCUT2D eigenvalue weighted by Crippen LogP contribution is 2.65. The van der Waals surface area contributed by atoms with Crippen molar-refractivity contribution in [1.82, 2.24) is 0 Å². The van der Waals surface area contributed by atoms with Crippen molar-refractivity contribution in [1.29, 1.82) is 0 Å². The quantitative estimate of drug-likeness (QED) is 0.553. The van der Waals surface area contributed by atoms with Gasteiger partial charge in [0.1, 0.15) is 0 Å². The van der Waals surface area contributed by atoms with Gasteiger partial charge in [-0.25, -0.2) is 0 Å². The van der Waals surface area contributed by atoms with Crippen molar-refractivity contribution in [3.05, 3.63) is 11.6 Å². The predicted molar refractivity (Wildman–Crippen MR) is 57.7 cm³/mol. The van der Waals surface area contributed by atoms with Crippen LogP contribution in [0.1, 0.15) is 58.8 Å². The maximum atomic E-state index is 2.52. The lowest BCUT2D eigenvalue weighted by molar-refractivity contribution is 0.396. The van der Waals surface area contributed by atoms with E-state index in [-0.39, 0.29) is 0 Å². The maximum absolute atomic E-state index is 2.52. The van der Waals surface area contributed by atoms with Gasteiger partial charge in [-0.1, -0.05) is 38.3 Å². The monoisotopic (exact) mass is 178 g/mol. The molecule has 0 aromatic heterocycles. The van der Waals surface area contributed by atoms with Gasteiger partial charge in [-0.3, -0.25) is 0 Å². The first kappa shape index (κ1) is 9.30. The SMILES string of the molecule is CC/C=C1\CCCC[C@]12C[C@H]2CC. The first-order chi connectivity index (χ1) is 6.33. The van der Waals surface area contributed by atoms with E-state index < -0.39 is 0 Å². The second kappa shape index (κ2) is 3.48. The molecule has 1 spiro atoms. The summed E-state index contributed by atoms with van der Waals surface area (Å²) in [6.45, 7) is 4.64. The molecule has 0 heterocycles. The zero-order valence-corrected chi connectivity index (χ0v) is 9.10. The Kier molecular flexibility index (Phi) is 2.49. The van der Waals surface area contributed by atoms with Crippen LogP contribution in [0.4, 0.5) is 0 Å². The largest absolute Gasteiger partial charge is 0.0850 e. The molecular formula is C13H22. The molecule has 0 nitrogen and oxygen atoms in total. The van der Waals surface area contributed by atoms with E-state index in [1.165, 1.54) is 44.9 Å². The summed E-state index contributed by atoms with van der Waals surface area (Å²) >= 11 is 0. The summed E-state index contributed by atoms with van der Waals surface area (Å²) in [5, 5.41) is 0. The number of allylic oxidation sites excluding steroid dienone is 2.